The zero-order valence-corrected chi connectivity index (χ0v) is 17.3. The van der Waals surface area contributed by atoms with Gasteiger partial charge >= 0.3 is 12.4 Å². The molecule has 0 unspecified atom stereocenters. The minimum absolute atomic E-state index is 0.132. The lowest BCUT2D eigenvalue weighted by atomic mass is 10.1. The van der Waals surface area contributed by atoms with E-state index >= 15 is 0 Å². The molecule has 0 fully saturated rings. The van der Waals surface area contributed by atoms with E-state index in [0.717, 1.165) is 36.7 Å². The first kappa shape index (κ1) is 25.5. The molecule has 0 spiro atoms. The number of hydrogen-bond acceptors (Lipinski definition) is 4. The van der Waals surface area contributed by atoms with Gasteiger partial charge in [0, 0.05) is 37.6 Å². The van der Waals surface area contributed by atoms with E-state index in [1.165, 1.54) is 19.0 Å². The number of pyridine rings is 2. The molecule has 0 aliphatic heterocycles. The first-order chi connectivity index (χ1) is 15.3. The second-order valence-corrected chi connectivity index (χ2v) is 6.75. The number of rotatable bonds is 3. The maximum absolute atomic E-state index is 12.3. The van der Waals surface area contributed by atoms with Gasteiger partial charge in [-0.05, 0) is 24.3 Å². The van der Waals surface area contributed by atoms with Crippen LogP contribution in [0.5, 0.6) is 0 Å². The summed E-state index contributed by atoms with van der Waals surface area (Å²) in [5.41, 5.74) is -1.33. The summed E-state index contributed by atoms with van der Waals surface area (Å²) in [6.07, 6.45) is -7.10. The standard InChI is InChI=1S/C13H8F3NO.C9H9F3N2O/c14-13(15,16)11-7-6-10(8-17-11)12(18)9-4-2-1-3-5-9;1-14(2)8(15)6-3-4-7(13-5-6)9(10,11)12/h1-8H;3-5H,1-2H3. The summed E-state index contributed by atoms with van der Waals surface area (Å²) < 4.78 is 73.3. The van der Waals surface area contributed by atoms with E-state index in [2.05, 4.69) is 9.97 Å². The molecule has 33 heavy (non-hydrogen) atoms. The SMILES string of the molecule is CN(C)C(=O)c1ccc(C(F)(F)F)nc1.O=C(c1ccccc1)c1ccc(C(F)(F)F)nc1. The summed E-state index contributed by atoms with van der Waals surface area (Å²) in [5.74, 6) is -0.729. The summed E-state index contributed by atoms with van der Waals surface area (Å²) in [6.45, 7) is 0. The maximum atomic E-state index is 12.3. The number of ketones is 1. The molecule has 0 bridgehead atoms. The van der Waals surface area contributed by atoms with Crippen LogP contribution in [-0.4, -0.2) is 40.7 Å². The highest BCUT2D eigenvalue weighted by Crippen LogP contribution is 2.28. The summed E-state index contributed by atoms with van der Waals surface area (Å²) in [7, 11) is 3.03. The largest absolute Gasteiger partial charge is 0.433 e. The van der Waals surface area contributed by atoms with Crippen molar-refractivity contribution in [1.82, 2.24) is 14.9 Å². The van der Waals surface area contributed by atoms with Gasteiger partial charge in [0.1, 0.15) is 11.4 Å². The number of amides is 1. The van der Waals surface area contributed by atoms with Crippen LogP contribution < -0.4 is 0 Å². The number of hydrogen-bond donors (Lipinski definition) is 0. The van der Waals surface area contributed by atoms with E-state index in [-0.39, 0.29) is 22.8 Å². The molecule has 1 amide bonds. The lowest BCUT2D eigenvalue weighted by Crippen LogP contribution is -2.22. The van der Waals surface area contributed by atoms with Crippen LogP contribution in [-0.2, 0) is 12.4 Å². The lowest BCUT2D eigenvalue weighted by molar-refractivity contribution is -0.142. The summed E-state index contributed by atoms with van der Waals surface area (Å²) in [6, 6.07) is 12.1. The number of carbonyl (C=O) groups excluding carboxylic acids is 2. The molecule has 174 valence electrons. The van der Waals surface area contributed by atoms with Crippen LogP contribution in [0.1, 0.15) is 37.7 Å². The fraction of sp³-hybridized carbons (Fsp3) is 0.182. The van der Waals surface area contributed by atoms with Crippen molar-refractivity contribution >= 4 is 11.7 Å². The topological polar surface area (TPSA) is 63.2 Å². The normalized spacial score (nSPS) is 11.3. The third-order valence-corrected chi connectivity index (χ3v) is 4.06. The van der Waals surface area contributed by atoms with Gasteiger partial charge in [0.25, 0.3) is 5.91 Å². The Hall–Kier alpha value is -3.76. The minimum Gasteiger partial charge on any atom is -0.345 e. The second-order valence-electron chi connectivity index (χ2n) is 6.75. The van der Waals surface area contributed by atoms with Gasteiger partial charge in [0.15, 0.2) is 5.78 Å². The van der Waals surface area contributed by atoms with Crippen molar-refractivity contribution in [3.8, 4) is 0 Å². The van der Waals surface area contributed by atoms with Crippen molar-refractivity contribution in [2.45, 2.75) is 12.4 Å². The zero-order chi connectivity index (χ0) is 24.8. The van der Waals surface area contributed by atoms with E-state index in [9.17, 15) is 35.9 Å². The average Bonchev–Trinajstić information content (AvgIpc) is 2.78. The van der Waals surface area contributed by atoms with E-state index in [1.807, 2.05) is 0 Å². The van der Waals surface area contributed by atoms with Gasteiger partial charge in [-0.1, -0.05) is 30.3 Å². The van der Waals surface area contributed by atoms with Crippen molar-refractivity contribution in [3.63, 3.8) is 0 Å². The Kier molecular flexibility index (Phi) is 7.91. The summed E-state index contributed by atoms with van der Waals surface area (Å²) in [5, 5.41) is 0. The molecule has 1 aromatic carbocycles. The van der Waals surface area contributed by atoms with Crippen molar-refractivity contribution in [2.24, 2.45) is 0 Å². The maximum Gasteiger partial charge on any atom is 0.433 e. The fourth-order valence-electron chi connectivity index (χ4n) is 2.40. The Labute approximate surface area is 184 Å². The van der Waals surface area contributed by atoms with Gasteiger partial charge in [0.05, 0.1) is 5.56 Å². The quantitative estimate of drug-likeness (QED) is 0.394. The smallest absolute Gasteiger partial charge is 0.345 e. The molecule has 3 rings (SSSR count). The van der Waals surface area contributed by atoms with Crippen LogP contribution >= 0.6 is 0 Å². The first-order valence-corrected chi connectivity index (χ1v) is 9.18. The molecule has 3 aromatic rings. The van der Waals surface area contributed by atoms with E-state index in [0.29, 0.717) is 5.56 Å². The predicted molar refractivity (Wildman–Crippen MR) is 106 cm³/mol. The van der Waals surface area contributed by atoms with Gasteiger partial charge in [-0.3, -0.25) is 19.6 Å². The van der Waals surface area contributed by atoms with Crippen LogP contribution in [0.15, 0.2) is 67.0 Å². The Morgan fingerprint density at radius 2 is 1.12 bits per heavy atom. The Bertz CT molecular complexity index is 1080. The Balaban J connectivity index is 0.000000238. The number of carbonyl (C=O) groups is 2. The van der Waals surface area contributed by atoms with Gasteiger partial charge < -0.3 is 4.90 Å². The van der Waals surface area contributed by atoms with Crippen LogP contribution in [0.25, 0.3) is 0 Å². The van der Waals surface area contributed by atoms with E-state index in [1.54, 1.807) is 30.3 Å². The molecule has 0 N–H and O–H groups in total. The molecule has 5 nitrogen and oxygen atoms in total. The number of alkyl halides is 6. The van der Waals surface area contributed by atoms with E-state index in [4.69, 9.17) is 0 Å². The van der Waals surface area contributed by atoms with Crippen LogP contribution in [0.4, 0.5) is 26.3 Å². The molecule has 0 atom stereocenters. The second kappa shape index (κ2) is 10.2. The summed E-state index contributed by atoms with van der Waals surface area (Å²) in [4.78, 5) is 30.9. The zero-order valence-electron chi connectivity index (χ0n) is 17.3. The molecule has 0 saturated heterocycles. The molecular weight excluding hydrogens is 452 g/mol. The molecule has 0 radical (unpaired) electrons. The molecule has 2 heterocycles. The Morgan fingerprint density at radius 1 is 0.667 bits per heavy atom. The fourth-order valence-corrected chi connectivity index (χ4v) is 2.40. The van der Waals surface area contributed by atoms with Gasteiger partial charge in [-0.25, -0.2) is 0 Å². The predicted octanol–water partition coefficient (Wildman–Crippen LogP) is 5.13. The van der Waals surface area contributed by atoms with Gasteiger partial charge in [0.2, 0.25) is 0 Å². The number of aromatic nitrogens is 2. The Morgan fingerprint density at radius 3 is 1.48 bits per heavy atom. The third kappa shape index (κ3) is 7.13. The lowest BCUT2D eigenvalue weighted by Gasteiger charge is -2.10. The molecule has 0 aliphatic carbocycles. The highest BCUT2D eigenvalue weighted by Gasteiger charge is 2.33. The number of benzene rings is 1. The monoisotopic (exact) mass is 469 g/mol. The third-order valence-electron chi connectivity index (χ3n) is 4.06. The highest BCUT2D eigenvalue weighted by atomic mass is 19.4. The van der Waals surface area contributed by atoms with Crippen molar-refractivity contribution in [3.05, 3.63) is 95.1 Å². The van der Waals surface area contributed by atoms with Crippen LogP contribution in [0.2, 0.25) is 0 Å². The first-order valence-electron chi connectivity index (χ1n) is 9.18. The summed E-state index contributed by atoms with van der Waals surface area (Å²) >= 11 is 0. The number of halogens is 6. The minimum atomic E-state index is -4.49. The van der Waals surface area contributed by atoms with Gasteiger partial charge in [-0.15, -0.1) is 0 Å². The van der Waals surface area contributed by atoms with Gasteiger partial charge in [-0.2, -0.15) is 26.3 Å². The molecular formula is C22H17F6N3O2. The van der Waals surface area contributed by atoms with Crippen LogP contribution in [0, 0.1) is 0 Å². The molecule has 0 saturated carbocycles. The average molecular weight is 469 g/mol. The molecule has 0 aliphatic rings. The number of nitrogens with zero attached hydrogens (tertiary/aromatic N) is 3. The highest BCUT2D eigenvalue weighted by molar-refractivity contribution is 6.08. The van der Waals surface area contributed by atoms with Crippen LogP contribution in [0.3, 0.4) is 0 Å². The van der Waals surface area contributed by atoms with Crippen molar-refractivity contribution < 1.29 is 35.9 Å². The molecule has 11 heteroatoms. The van der Waals surface area contributed by atoms with Crippen molar-refractivity contribution in [2.75, 3.05) is 14.1 Å². The molecule has 2 aromatic heterocycles. The van der Waals surface area contributed by atoms with Crippen molar-refractivity contribution in [1.29, 1.82) is 0 Å². The van der Waals surface area contributed by atoms with E-state index < -0.39 is 23.7 Å².